The number of benzene rings is 2. The summed E-state index contributed by atoms with van der Waals surface area (Å²) in [6.45, 7) is 2.03. The Morgan fingerprint density at radius 3 is 2.35 bits per heavy atom. The van der Waals surface area contributed by atoms with E-state index in [1.807, 2.05) is 59.5 Å². The molecule has 0 spiro atoms. The molecule has 1 N–H and O–H groups in total. The normalized spacial score (nSPS) is 14.8. The third-order valence-corrected chi connectivity index (χ3v) is 5.57. The van der Waals surface area contributed by atoms with Gasteiger partial charge in [-0.25, -0.2) is 4.68 Å². The summed E-state index contributed by atoms with van der Waals surface area (Å²) in [6.07, 6.45) is 5.27. The first kappa shape index (κ1) is 20.7. The molecule has 1 fully saturated rings. The SMILES string of the molecule is O=C(NCc1ccc(C(=O)N2CCCCC2)cc1)C(Cc1ccccc1)n1cnnn1. The van der Waals surface area contributed by atoms with Gasteiger partial charge in [0.15, 0.2) is 0 Å². The van der Waals surface area contributed by atoms with Crippen LogP contribution in [0.15, 0.2) is 60.9 Å². The fraction of sp³-hybridized carbons (Fsp3) is 0.348. The van der Waals surface area contributed by atoms with Crippen molar-refractivity contribution in [3.05, 3.63) is 77.6 Å². The molecule has 4 rings (SSSR count). The predicted octanol–water partition coefficient (Wildman–Crippen LogP) is 2.40. The number of amides is 2. The summed E-state index contributed by atoms with van der Waals surface area (Å²) in [5.41, 5.74) is 2.64. The number of carbonyl (C=O) groups excluding carboxylic acids is 2. The van der Waals surface area contributed by atoms with Gasteiger partial charge in [0, 0.05) is 31.6 Å². The maximum Gasteiger partial charge on any atom is 0.253 e. The standard InChI is InChI=1S/C23H26N6O2/c30-22(21(29-17-25-26-27-29)15-18-7-3-1-4-8-18)24-16-19-9-11-20(12-10-19)23(31)28-13-5-2-6-14-28/h1,3-4,7-12,17,21H,2,5-6,13-16H2,(H,24,30). The van der Waals surface area contributed by atoms with E-state index < -0.39 is 6.04 Å². The van der Waals surface area contributed by atoms with Crippen molar-refractivity contribution >= 4 is 11.8 Å². The molecule has 0 radical (unpaired) electrons. The van der Waals surface area contributed by atoms with Gasteiger partial charge in [-0.05, 0) is 52.9 Å². The summed E-state index contributed by atoms with van der Waals surface area (Å²) < 4.78 is 1.47. The molecule has 2 heterocycles. The minimum atomic E-state index is -0.544. The Kier molecular flexibility index (Phi) is 6.66. The zero-order valence-electron chi connectivity index (χ0n) is 17.4. The molecule has 3 aromatic rings. The maximum atomic E-state index is 12.9. The molecular weight excluding hydrogens is 392 g/mol. The van der Waals surface area contributed by atoms with Crippen LogP contribution in [0.3, 0.4) is 0 Å². The van der Waals surface area contributed by atoms with Crippen molar-refractivity contribution in [2.24, 2.45) is 0 Å². The van der Waals surface area contributed by atoms with E-state index in [-0.39, 0.29) is 11.8 Å². The van der Waals surface area contributed by atoms with Crippen LogP contribution in [-0.2, 0) is 17.8 Å². The van der Waals surface area contributed by atoms with Gasteiger partial charge in [0.05, 0.1) is 0 Å². The maximum absolute atomic E-state index is 12.9. The van der Waals surface area contributed by atoms with Crippen LogP contribution in [0.2, 0.25) is 0 Å². The summed E-state index contributed by atoms with van der Waals surface area (Å²) >= 11 is 0. The molecule has 1 saturated heterocycles. The summed E-state index contributed by atoms with van der Waals surface area (Å²) in [5, 5.41) is 14.2. The predicted molar refractivity (Wildman–Crippen MR) is 115 cm³/mol. The molecule has 160 valence electrons. The smallest absolute Gasteiger partial charge is 0.253 e. The molecule has 1 aromatic heterocycles. The van der Waals surface area contributed by atoms with Crippen molar-refractivity contribution in [2.75, 3.05) is 13.1 Å². The second-order valence-electron chi connectivity index (χ2n) is 7.76. The molecule has 1 aliphatic rings. The number of nitrogens with zero attached hydrogens (tertiary/aromatic N) is 5. The van der Waals surface area contributed by atoms with Crippen LogP contribution in [0.5, 0.6) is 0 Å². The molecule has 1 atom stereocenters. The molecule has 2 aromatic carbocycles. The fourth-order valence-corrected chi connectivity index (χ4v) is 3.81. The zero-order chi connectivity index (χ0) is 21.5. The van der Waals surface area contributed by atoms with E-state index in [2.05, 4.69) is 20.8 Å². The second kappa shape index (κ2) is 9.97. The Bertz CT molecular complexity index is 983. The quantitative estimate of drug-likeness (QED) is 0.636. The van der Waals surface area contributed by atoms with Crippen molar-refractivity contribution in [1.29, 1.82) is 0 Å². The van der Waals surface area contributed by atoms with E-state index in [1.54, 1.807) is 0 Å². The monoisotopic (exact) mass is 418 g/mol. The van der Waals surface area contributed by atoms with Crippen LogP contribution in [0.4, 0.5) is 0 Å². The highest BCUT2D eigenvalue weighted by molar-refractivity contribution is 5.94. The van der Waals surface area contributed by atoms with Crippen molar-refractivity contribution < 1.29 is 9.59 Å². The molecule has 8 heteroatoms. The van der Waals surface area contributed by atoms with Gasteiger partial charge < -0.3 is 10.2 Å². The lowest BCUT2D eigenvalue weighted by molar-refractivity contribution is -0.124. The van der Waals surface area contributed by atoms with E-state index in [0.29, 0.717) is 18.5 Å². The van der Waals surface area contributed by atoms with Gasteiger partial charge in [0.25, 0.3) is 5.91 Å². The number of rotatable bonds is 7. The number of likely N-dealkylation sites (tertiary alicyclic amines) is 1. The molecule has 8 nitrogen and oxygen atoms in total. The fourth-order valence-electron chi connectivity index (χ4n) is 3.81. The largest absolute Gasteiger partial charge is 0.350 e. The highest BCUT2D eigenvalue weighted by atomic mass is 16.2. The minimum absolute atomic E-state index is 0.0805. The lowest BCUT2D eigenvalue weighted by Crippen LogP contribution is -2.35. The lowest BCUT2D eigenvalue weighted by atomic mass is 10.1. The van der Waals surface area contributed by atoms with E-state index in [9.17, 15) is 9.59 Å². The number of nitrogens with one attached hydrogen (secondary N) is 1. The van der Waals surface area contributed by atoms with E-state index in [1.165, 1.54) is 17.4 Å². The van der Waals surface area contributed by atoms with Crippen LogP contribution in [0, 0.1) is 0 Å². The van der Waals surface area contributed by atoms with Crippen molar-refractivity contribution in [1.82, 2.24) is 30.4 Å². The summed E-state index contributed by atoms with van der Waals surface area (Å²) in [5.74, 6) is -0.0819. The number of piperidine rings is 1. The Hall–Kier alpha value is -3.55. The third kappa shape index (κ3) is 5.33. The summed E-state index contributed by atoms with van der Waals surface area (Å²) in [7, 11) is 0. The summed E-state index contributed by atoms with van der Waals surface area (Å²) in [6, 6.07) is 16.7. The number of carbonyl (C=O) groups is 2. The average Bonchev–Trinajstić information content (AvgIpc) is 3.37. The van der Waals surface area contributed by atoms with Crippen LogP contribution in [-0.4, -0.2) is 50.0 Å². The van der Waals surface area contributed by atoms with Crippen LogP contribution in [0.25, 0.3) is 0 Å². The highest BCUT2D eigenvalue weighted by Crippen LogP contribution is 2.15. The van der Waals surface area contributed by atoms with Crippen LogP contribution in [0.1, 0.15) is 46.8 Å². The molecule has 1 aliphatic heterocycles. The van der Waals surface area contributed by atoms with Gasteiger partial charge in [0.2, 0.25) is 5.91 Å². The first-order chi connectivity index (χ1) is 15.2. The molecular formula is C23H26N6O2. The van der Waals surface area contributed by atoms with Crippen molar-refractivity contribution in [2.45, 2.75) is 38.3 Å². The zero-order valence-corrected chi connectivity index (χ0v) is 17.4. The molecule has 0 aliphatic carbocycles. The highest BCUT2D eigenvalue weighted by Gasteiger charge is 2.22. The van der Waals surface area contributed by atoms with Crippen molar-refractivity contribution in [3.63, 3.8) is 0 Å². The van der Waals surface area contributed by atoms with Gasteiger partial charge in [-0.2, -0.15) is 0 Å². The summed E-state index contributed by atoms with van der Waals surface area (Å²) in [4.78, 5) is 27.4. The number of tetrazole rings is 1. The molecule has 1 unspecified atom stereocenters. The first-order valence-corrected chi connectivity index (χ1v) is 10.6. The van der Waals surface area contributed by atoms with E-state index >= 15 is 0 Å². The minimum Gasteiger partial charge on any atom is -0.350 e. The Morgan fingerprint density at radius 2 is 1.68 bits per heavy atom. The van der Waals surface area contributed by atoms with Gasteiger partial charge in [-0.3, -0.25) is 9.59 Å². The Labute approximate surface area is 181 Å². The van der Waals surface area contributed by atoms with E-state index in [4.69, 9.17) is 0 Å². The average molecular weight is 419 g/mol. The second-order valence-corrected chi connectivity index (χ2v) is 7.76. The number of aromatic nitrogens is 4. The Balaban J connectivity index is 1.37. The lowest BCUT2D eigenvalue weighted by Gasteiger charge is -2.26. The van der Waals surface area contributed by atoms with Crippen LogP contribution >= 0.6 is 0 Å². The molecule has 0 saturated carbocycles. The third-order valence-electron chi connectivity index (χ3n) is 5.57. The van der Waals surface area contributed by atoms with Crippen molar-refractivity contribution in [3.8, 4) is 0 Å². The van der Waals surface area contributed by atoms with Crippen LogP contribution < -0.4 is 5.32 Å². The van der Waals surface area contributed by atoms with Gasteiger partial charge in [-0.15, -0.1) is 5.10 Å². The molecule has 0 bridgehead atoms. The number of hydrogen-bond donors (Lipinski definition) is 1. The molecule has 31 heavy (non-hydrogen) atoms. The topological polar surface area (TPSA) is 93.0 Å². The van der Waals surface area contributed by atoms with E-state index in [0.717, 1.165) is 37.1 Å². The number of hydrogen-bond acceptors (Lipinski definition) is 5. The van der Waals surface area contributed by atoms with Gasteiger partial charge >= 0.3 is 0 Å². The van der Waals surface area contributed by atoms with Gasteiger partial charge in [-0.1, -0.05) is 42.5 Å². The first-order valence-electron chi connectivity index (χ1n) is 10.6. The van der Waals surface area contributed by atoms with Gasteiger partial charge in [0.1, 0.15) is 12.4 Å². The Morgan fingerprint density at radius 1 is 0.935 bits per heavy atom. The molecule has 2 amide bonds.